The zero-order chi connectivity index (χ0) is 12.4. The van der Waals surface area contributed by atoms with Crippen LogP contribution in [-0.2, 0) is 7.05 Å². The van der Waals surface area contributed by atoms with Crippen molar-refractivity contribution >= 4 is 11.6 Å². The molecular weight excluding hydrogens is 218 g/mol. The quantitative estimate of drug-likeness (QED) is 0.807. The number of nitrogens with two attached hydrogens (primary N) is 1. The van der Waals surface area contributed by atoms with Gasteiger partial charge in [0.15, 0.2) is 5.69 Å². The molecule has 0 fully saturated rings. The minimum atomic E-state index is -0.189. The van der Waals surface area contributed by atoms with Crippen molar-refractivity contribution in [3.8, 4) is 5.75 Å². The number of imidazole rings is 1. The van der Waals surface area contributed by atoms with Gasteiger partial charge in [-0.2, -0.15) is 0 Å². The molecule has 2 N–H and O–H groups in total. The van der Waals surface area contributed by atoms with Crippen LogP contribution in [0.2, 0.25) is 0 Å². The van der Waals surface area contributed by atoms with Crippen molar-refractivity contribution in [3.63, 3.8) is 0 Å². The number of hydrogen-bond donors (Lipinski definition) is 1. The number of benzene rings is 1. The molecule has 5 heteroatoms. The topological polar surface area (TPSA) is 70.1 Å². The Balaban J connectivity index is 2.33. The standard InChI is InChI=1S/C12H13N3O2/c1-15-7-14-10(12(15)13)11(16)8-3-5-9(17-2)6-4-8/h3-7H,13H2,1-2H3. The Morgan fingerprint density at radius 1 is 1.35 bits per heavy atom. The van der Waals surface area contributed by atoms with Crippen LogP contribution in [0.5, 0.6) is 5.75 Å². The summed E-state index contributed by atoms with van der Waals surface area (Å²) in [6, 6.07) is 6.84. The zero-order valence-electron chi connectivity index (χ0n) is 9.68. The largest absolute Gasteiger partial charge is 0.497 e. The Morgan fingerprint density at radius 2 is 2.00 bits per heavy atom. The molecule has 0 spiro atoms. The predicted octanol–water partition coefficient (Wildman–Crippen LogP) is 1.24. The van der Waals surface area contributed by atoms with E-state index in [1.54, 1.807) is 43.0 Å². The molecule has 0 aliphatic heterocycles. The molecule has 0 saturated heterocycles. The molecule has 1 aromatic carbocycles. The number of anilines is 1. The van der Waals surface area contributed by atoms with Crippen LogP contribution >= 0.6 is 0 Å². The first-order valence-electron chi connectivity index (χ1n) is 5.09. The van der Waals surface area contributed by atoms with E-state index < -0.39 is 0 Å². The SMILES string of the molecule is COc1ccc(C(=O)c2ncn(C)c2N)cc1. The maximum Gasteiger partial charge on any atom is 0.215 e. The van der Waals surface area contributed by atoms with E-state index in [0.717, 1.165) is 0 Å². The molecule has 0 atom stereocenters. The van der Waals surface area contributed by atoms with E-state index in [-0.39, 0.29) is 11.5 Å². The smallest absolute Gasteiger partial charge is 0.215 e. The highest BCUT2D eigenvalue weighted by Gasteiger charge is 2.16. The summed E-state index contributed by atoms with van der Waals surface area (Å²) in [5.74, 6) is 0.882. The second kappa shape index (κ2) is 4.29. The van der Waals surface area contributed by atoms with Gasteiger partial charge in [-0.1, -0.05) is 0 Å². The Morgan fingerprint density at radius 3 is 2.47 bits per heavy atom. The van der Waals surface area contributed by atoms with E-state index in [1.807, 2.05) is 0 Å². The van der Waals surface area contributed by atoms with Crippen LogP contribution in [0.25, 0.3) is 0 Å². The predicted molar refractivity (Wildman–Crippen MR) is 64.0 cm³/mol. The van der Waals surface area contributed by atoms with Crippen molar-refractivity contribution in [2.75, 3.05) is 12.8 Å². The van der Waals surface area contributed by atoms with Crippen LogP contribution in [0.1, 0.15) is 16.1 Å². The second-order valence-corrected chi connectivity index (χ2v) is 3.65. The van der Waals surface area contributed by atoms with Gasteiger partial charge in [-0.15, -0.1) is 0 Å². The van der Waals surface area contributed by atoms with Crippen LogP contribution in [-0.4, -0.2) is 22.4 Å². The van der Waals surface area contributed by atoms with Crippen molar-refractivity contribution in [1.82, 2.24) is 9.55 Å². The van der Waals surface area contributed by atoms with Crippen LogP contribution in [0.4, 0.5) is 5.82 Å². The molecule has 2 rings (SSSR count). The molecule has 0 radical (unpaired) electrons. The van der Waals surface area contributed by atoms with E-state index in [4.69, 9.17) is 10.5 Å². The molecule has 0 aliphatic carbocycles. The van der Waals surface area contributed by atoms with E-state index >= 15 is 0 Å². The number of aryl methyl sites for hydroxylation is 1. The molecule has 0 bridgehead atoms. The first-order valence-corrected chi connectivity index (χ1v) is 5.09. The maximum atomic E-state index is 12.1. The number of rotatable bonds is 3. The van der Waals surface area contributed by atoms with Crippen molar-refractivity contribution < 1.29 is 9.53 Å². The molecule has 1 heterocycles. The average molecular weight is 231 g/mol. The van der Waals surface area contributed by atoms with E-state index in [0.29, 0.717) is 17.1 Å². The number of ether oxygens (including phenoxy) is 1. The third-order valence-corrected chi connectivity index (χ3v) is 2.55. The fourth-order valence-electron chi connectivity index (χ4n) is 1.49. The third kappa shape index (κ3) is 1.99. The Kier molecular flexibility index (Phi) is 2.82. The molecule has 17 heavy (non-hydrogen) atoms. The maximum absolute atomic E-state index is 12.1. The third-order valence-electron chi connectivity index (χ3n) is 2.55. The molecule has 0 aliphatic rings. The lowest BCUT2D eigenvalue weighted by Crippen LogP contribution is -2.06. The number of nitrogen functional groups attached to an aromatic ring is 1. The Hall–Kier alpha value is -2.30. The second-order valence-electron chi connectivity index (χ2n) is 3.65. The first kappa shape index (κ1) is 11.2. The summed E-state index contributed by atoms with van der Waals surface area (Å²) in [5.41, 5.74) is 6.57. The van der Waals surface area contributed by atoms with Gasteiger partial charge in [-0.3, -0.25) is 4.79 Å². The average Bonchev–Trinajstić information content (AvgIpc) is 2.69. The number of methoxy groups -OCH3 is 1. The molecule has 5 nitrogen and oxygen atoms in total. The molecular formula is C12H13N3O2. The molecule has 1 aromatic heterocycles. The van der Waals surface area contributed by atoms with Gasteiger partial charge >= 0.3 is 0 Å². The van der Waals surface area contributed by atoms with Gasteiger partial charge in [0.2, 0.25) is 5.78 Å². The fourth-order valence-corrected chi connectivity index (χ4v) is 1.49. The minimum absolute atomic E-state index is 0.189. The summed E-state index contributed by atoms with van der Waals surface area (Å²) in [6.07, 6.45) is 1.52. The number of aromatic nitrogens is 2. The Labute approximate surface area is 98.8 Å². The number of carbonyl (C=O) groups excluding carboxylic acids is 1. The number of carbonyl (C=O) groups is 1. The molecule has 88 valence electrons. The monoisotopic (exact) mass is 231 g/mol. The number of nitrogens with zero attached hydrogens (tertiary/aromatic N) is 2. The molecule has 0 saturated carbocycles. The van der Waals surface area contributed by atoms with Gasteiger partial charge in [0, 0.05) is 12.6 Å². The van der Waals surface area contributed by atoms with Gasteiger partial charge < -0.3 is 15.0 Å². The first-order chi connectivity index (χ1) is 8.13. The summed E-state index contributed by atoms with van der Waals surface area (Å²) >= 11 is 0. The molecule has 2 aromatic rings. The summed E-state index contributed by atoms with van der Waals surface area (Å²) in [5, 5.41) is 0. The van der Waals surface area contributed by atoms with Crippen molar-refractivity contribution in [2.24, 2.45) is 7.05 Å². The van der Waals surface area contributed by atoms with Gasteiger partial charge in [0.05, 0.1) is 13.4 Å². The van der Waals surface area contributed by atoms with Gasteiger partial charge in [-0.25, -0.2) is 4.98 Å². The summed E-state index contributed by atoms with van der Waals surface area (Å²) < 4.78 is 6.63. The van der Waals surface area contributed by atoms with Crippen LogP contribution in [0.15, 0.2) is 30.6 Å². The highest BCUT2D eigenvalue weighted by molar-refractivity contribution is 6.10. The van der Waals surface area contributed by atoms with Crippen molar-refractivity contribution in [3.05, 3.63) is 41.9 Å². The summed E-state index contributed by atoms with van der Waals surface area (Å²) in [7, 11) is 3.32. The lowest BCUT2D eigenvalue weighted by molar-refractivity contribution is 0.103. The molecule has 0 unspecified atom stereocenters. The van der Waals surface area contributed by atoms with Crippen LogP contribution in [0.3, 0.4) is 0 Å². The fraction of sp³-hybridized carbons (Fsp3) is 0.167. The van der Waals surface area contributed by atoms with E-state index in [2.05, 4.69) is 4.98 Å². The highest BCUT2D eigenvalue weighted by atomic mass is 16.5. The number of hydrogen-bond acceptors (Lipinski definition) is 4. The minimum Gasteiger partial charge on any atom is -0.497 e. The summed E-state index contributed by atoms with van der Waals surface area (Å²) in [4.78, 5) is 16.1. The summed E-state index contributed by atoms with van der Waals surface area (Å²) in [6.45, 7) is 0. The normalized spacial score (nSPS) is 10.2. The van der Waals surface area contributed by atoms with Crippen LogP contribution in [0, 0.1) is 0 Å². The Bertz CT molecular complexity index is 543. The zero-order valence-corrected chi connectivity index (χ0v) is 9.68. The van der Waals surface area contributed by atoms with Crippen molar-refractivity contribution in [2.45, 2.75) is 0 Å². The number of ketones is 1. The lowest BCUT2D eigenvalue weighted by atomic mass is 10.1. The van der Waals surface area contributed by atoms with Crippen molar-refractivity contribution in [1.29, 1.82) is 0 Å². The van der Waals surface area contributed by atoms with Crippen LogP contribution < -0.4 is 10.5 Å². The van der Waals surface area contributed by atoms with Gasteiger partial charge in [0.25, 0.3) is 0 Å². The molecule has 0 amide bonds. The highest BCUT2D eigenvalue weighted by Crippen LogP contribution is 2.17. The van der Waals surface area contributed by atoms with E-state index in [9.17, 15) is 4.79 Å². The van der Waals surface area contributed by atoms with Gasteiger partial charge in [-0.05, 0) is 24.3 Å². The lowest BCUT2D eigenvalue weighted by Gasteiger charge is -2.02. The van der Waals surface area contributed by atoms with E-state index in [1.165, 1.54) is 6.33 Å². The van der Waals surface area contributed by atoms with Gasteiger partial charge in [0.1, 0.15) is 11.6 Å².